The van der Waals surface area contributed by atoms with Gasteiger partial charge in [-0.15, -0.1) is 5.10 Å². The molecule has 0 aliphatic heterocycles. The highest BCUT2D eigenvalue weighted by Crippen LogP contribution is 2.19. The third kappa shape index (κ3) is 2.88. The Balaban J connectivity index is 2.30. The van der Waals surface area contributed by atoms with Crippen LogP contribution < -0.4 is 5.32 Å². The summed E-state index contributed by atoms with van der Waals surface area (Å²) in [6, 6.07) is 5.24. The molecular formula is C15H21FN4. The van der Waals surface area contributed by atoms with Crippen molar-refractivity contribution in [1.29, 1.82) is 0 Å². The number of aromatic nitrogens is 3. The molecule has 0 aliphatic carbocycles. The molecule has 5 heteroatoms. The molecule has 1 aromatic carbocycles. The van der Waals surface area contributed by atoms with Gasteiger partial charge in [0.15, 0.2) is 0 Å². The number of benzene rings is 1. The molecule has 108 valence electrons. The van der Waals surface area contributed by atoms with Crippen molar-refractivity contribution < 1.29 is 4.39 Å². The number of aryl methyl sites for hydroxylation is 1. The van der Waals surface area contributed by atoms with Gasteiger partial charge in [0.25, 0.3) is 0 Å². The maximum atomic E-state index is 13.7. The topological polar surface area (TPSA) is 42.7 Å². The Bertz CT molecular complexity index is 592. The maximum absolute atomic E-state index is 13.7. The lowest BCUT2D eigenvalue weighted by molar-refractivity contribution is 0.555. The Morgan fingerprint density at radius 3 is 2.75 bits per heavy atom. The number of halogens is 1. The van der Waals surface area contributed by atoms with Gasteiger partial charge in [0.05, 0.1) is 17.4 Å². The number of hydrogen-bond donors (Lipinski definition) is 1. The minimum Gasteiger partial charge on any atom is -0.309 e. The smallest absolute Gasteiger partial charge is 0.128 e. The molecule has 0 saturated carbocycles. The molecule has 20 heavy (non-hydrogen) atoms. The highest BCUT2D eigenvalue weighted by molar-refractivity contribution is 5.36. The van der Waals surface area contributed by atoms with Gasteiger partial charge in [0, 0.05) is 0 Å². The van der Waals surface area contributed by atoms with Crippen LogP contribution in [0.1, 0.15) is 43.3 Å². The molecule has 1 unspecified atom stereocenters. The summed E-state index contributed by atoms with van der Waals surface area (Å²) in [5.74, 6) is -0.226. The molecular weight excluding hydrogens is 255 g/mol. The fraction of sp³-hybridized carbons (Fsp3) is 0.467. The number of rotatable bonds is 5. The Labute approximate surface area is 119 Å². The third-order valence-electron chi connectivity index (χ3n) is 3.44. The van der Waals surface area contributed by atoms with E-state index in [-0.39, 0.29) is 11.9 Å². The minimum atomic E-state index is -0.226. The van der Waals surface area contributed by atoms with Gasteiger partial charge >= 0.3 is 0 Å². The van der Waals surface area contributed by atoms with Crippen LogP contribution in [0.4, 0.5) is 4.39 Å². The molecule has 0 fully saturated rings. The molecule has 0 saturated heterocycles. The molecule has 1 N–H and O–H groups in total. The van der Waals surface area contributed by atoms with Crippen LogP contribution >= 0.6 is 0 Å². The van der Waals surface area contributed by atoms with E-state index in [0.717, 1.165) is 24.4 Å². The standard InChI is InChI=1S/C15H21FN4/c1-5-8-17-11(3)15-12(4)20(19-18-15)13-7-6-10(2)14(16)9-13/h6-7,9,11,17H,5,8H2,1-4H3. The van der Waals surface area contributed by atoms with E-state index in [0.29, 0.717) is 11.3 Å². The van der Waals surface area contributed by atoms with E-state index in [9.17, 15) is 4.39 Å². The molecule has 4 nitrogen and oxygen atoms in total. The van der Waals surface area contributed by atoms with Crippen LogP contribution in [0.15, 0.2) is 18.2 Å². The molecule has 1 atom stereocenters. The largest absolute Gasteiger partial charge is 0.309 e. The second-order valence-corrected chi connectivity index (χ2v) is 5.08. The maximum Gasteiger partial charge on any atom is 0.128 e. The van der Waals surface area contributed by atoms with Crippen LogP contribution in [0.5, 0.6) is 0 Å². The van der Waals surface area contributed by atoms with E-state index < -0.39 is 0 Å². The SMILES string of the molecule is CCCNC(C)c1nnn(-c2ccc(C)c(F)c2)c1C. The molecule has 2 rings (SSSR count). The van der Waals surface area contributed by atoms with Crippen molar-refractivity contribution in [2.45, 2.75) is 40.2 Å². The van der Waals surface area contributed by atoms with Crippen molar-refractivity contribution in [2.24, 2.45) is 0 Å². The van der Waals surface area contributed by atoms with Crippen molar-refractivity contribution in [3.05, 3.63) is 41.0 Å². The summed E-state index contributed by atoms with van der Waals surface area (Å²) in [5, 5.41) is 11.8. The molecule has 0 aliphatic rings. The summed E-state index contributed by atoms with van der Waals surface area (Å²) in [4.78, 5) is 0. The fourth-order valence-electron chi connectivity index (χ4n) is 2.16. The summed E-state index contributed by atoms with van der Waals surface area (Å²) in [7, 11) is 0. The molecule has 0 amide bonds. The fourth-order valence-corrected chi connectivity index (χ4v) is 2.16. The molecule has 0 radical (unpaired) electrons. The first kappa shape index (κ1) is 14.7. The van der Waals surface area contributed by atoms with Gasteiger partial charge in [-0.3, -0.25) is 0 Å². The van der Waals surface area contributed by atoms with Crippen molar-refractivity contribution in [3.63, 3.8) is 0 Å². The van der Waals surface area contributed by atoms with E-state index in [2.05, 4.69) is 29.5 Å². The Kier molecular flexibility index (Phi) is 4.49. The van der Waals surface area contributed by atoms with Crippen LogP contribution in [0.2, 0.25) is 0 Å². The normalized spacial score (nSPS) is 12.7. The third-order valence-corrected chi connectivity index (χ3v) is 3.44. The monoisotopic (exact) mass is 276 g/mol. The molecule has 1 heterocycles. The predicted molar refractivity (Wildman–Crippen MR) is 77.5 cm³/mol. The molecule has 2 aromatic rings. The van der Waals surface area contributed by atoms with Gasteiger partial charge < -0.3 is 5.32 Å². The summed E-state index contributed by atoms with van der Waals surface area (Å²) >= 11 is 0. The van der Waals surface area contributed by atoms with Gasteiger partial charge in [-0.05, 0) is 51.4 Å². The van der Waals surface area contributed by atoms with Crippen LogP contribution in [0, 0.1) is 19.7 Å². The van der Waals surface area contributed by atoms with Crippen molar-refractivity contribution in [2.75, 3.05) is 6.54 Å². The zero-order valence-electron chi connectivity index (χ0n) is 12.4. The highest BCUT2D eigenvalue weighted by atomic mass is 19.1. The van der Waals surface area contributed by atoms with Gasteiger partial charge in [-0.25, -0.2) is 9.07 Å². The summed E-state index contributed by atoms with van der Waals surface area (Å²) in [6.45, 7) is 8.82. The molecule has 1 aromatic heterocycles. The lowest BCUT2D eigenvalue weighted by Crippen LogP contribution is -2.20. The Morgan fingerprint density at radius 2 is 2.10 bits per heavy atom. The highest BCUT2D eigenvalue weighted by Gasteiger charge is 2.16. The first-order valence-electron chi connectivity index (χ1n) is 6.96. The van der Waals surface area contributed by atoms with E-state index in [1.807, 2.05) is 13.0 Å². The first-order valence-corrected chi connectivity index (χ1v) is 6.96. The van der Waals surface area contributed by atoms with E-state index in [4.69, 9.17) is 0 Å². The van der Waals surface area contributed by atoms with Crippen molar-refractivity contribution >= 4 is 0 Å². The number of nitrogens with one attached hydrogen (secondary N) is 1. The van der Waals surface area contributed by atoms with Crippen LogP contribution in [-0.2, 0) is 0 Å². The first-order chi connectivity index (χ1) is 9.54. The number of hydrogen-bond acceptors (Lipinski definition) is 3. The lowest BCUT2D eigenvalue weighted by atomic mass is 10.2. The minimum absolute atomic E-state index is 0.138. The zero-order valence-corrected chi connectivity index (χ0v) is 12.4. The number of nitrogens with zero attached hydrogens (tertiary/aromatic N) is 3. The van der Waals surface area contributed by atoms with Crippen LogP contribution in [0.3, 0.4) is 0 Å². The van der Waals surface area contributed by atoms with Crippen molar-refractivity contribution in [1.82, 2.24) is 20.3 Å². The quantitative estimate of drug-likeness (QED) is 0.912. The van der Waals surface area contributed by atoms with Gasteiger partial charge in [0.2, 0.25) is 0 Å². The van der Waals surface area contributed by atoms with Crippen LogP contribution in [-0.4, -0.2) is 21.5 Å². The van der Waals surface area contributed by atoms with Gasteiger partial charge in [-0.2, -0.15) is 0 Å². The molecule has 0 bridgehead atoms. The van der Waals surface area contributed by atoms with E-state index in [1.54, 1.807) is 17.7 Å². The Hall–Kier alpha value is -1.75. The van der Waals surface area contributed by atoms with E-state index in [1.165, 1.54) is 6.07 Å². The average molecular weight is 276 g/mol. The Morgan fingerprint density at radius 1 is 1.35 bits per heavy atom. The second kappa shape index (κ2) is 6.13. The predicted octanol–water partition coefficient (Wildman–Crippen LogP) is 3.08. The lowest BCUT2D eigenvalue weighted by Gasteiger charge is -2.11. The molecule has 0 spiro atoms. The van der Waals surface area contributed by atoms with Gasteiger partial charge in [-0.1, -0.05) is 18.2 Å². The van der Waals surface area contributed by atoms with Crippen molar-refractivity contribution in [3.8, 4) is 5.69 Å². The summed E-state index contributed by atoms with van der Waals surface area (Å²) in [6.07, 6.45) is 1.07. The zero-order chi connectivity index (χ0) is 14.7. The second-order valence-electron chi connectivity index (χ2n) is 5.08. The summed E-state index contributed by atoms with van der Waals surface area (Å²) < 4.78 is 15.3. The average Bonchev–Trinajstić information content (AvgIpc) is 2.81. The van der Waals surface area contributed by atoms with Gasteiger partial charge in [0.1, 0.15) is 11.5 Å². The van der Waals surface area contributed by atoms with Crippen LogP contribution in [0.25, 0.3) is 5.69 Å². The van der Waals surface area contributed by atoms with E-state index >= 15 is 0 Å². The summed E-state index contributed by atoms with van der Waals surface area (Å²) in [5.41, 5.74) is 3.17.